The van der Waals surface area contributed by atoms with E-state index in [2.05, 4.69) is 15.6 Å². The van der Waals surface area contributed by atoms with E-state index in [-0.39, 0.29) is 11.5 Å². The molecule has 2 rings (SSSR count). The maximum Gasteiger partial charge on any atom is 0.263 e. The van der Waals surface area contributed by atoms with Crippen molar-refractivity contribution in [2.75, 3.05) is 25.0 Å². The molecule has 0 aliphatic carbocycles. The van der Waals surface area contributed by atoms with Crippen molar-refractivity contribution in [3.05, 3.63) is 22.8 Å². The molecule has 0 spiro atoms. The predicted molar refractivity (Wildman–Crippen MR) is 87.6 cm³/mol. The van der Waals surface area contributed by atoms with Crippen molar-refractivity contribution < 1.29 is 9.59 Å². The number of thiazole rings is 1. The van der Waals surface area contributed by atoms with Crippen LogP contribution in [0.2, 0.25) is 0 Å². The van der Waals surface area contributed by atoms with Gasteiger partial charge in [0.2, 0.25) is 5.91 Å². The summed E-state index contributed by atoms with van der Waals surface area (Å²) in [6.07, 6.45) is 3.57. The lowest BCUT2D eigenvalue weighted by Gasteiger charge is -2.15. The van der Waals surface area contributed by atoms with Crippen LogP contribution in [0.15, 0.2) is 17.2 Å². The Balaban J connectivity index is 1.74. The monoisotopic (exact) mass is 333 g/mol. The van der Waals surface area contributed by atoms with Gasteiger partial charge in [-0.05, 0) is 19.8 Å². The smallest absolute Gasteiger partial charge is 0.263 e. The zero-order chi connectivity index (χ0) is 16.7. The van der Waals surface area contributed by atoms with Crippen LogP contribution in [0.25, 0.3) is 0 Å². The average Bonchev–Trinajstić information content (AvgIpc) is 3.13. The first kappa shape index (κ1) is 17.0. The number of nitrogens with one attached hydrogen (secondary N) is 2. The molecule has 122 valence electrons. The van der Waals surface area contributed by atoms with Gasteiger partial charge in [-0.2, -0.15) is 5.26 Å². The minimum atomic E-state index is -0.430. The molecule has 2 N–H and O–H groups in total. The third-order valence-corrected chi connectivity index (χ3v) is 4.28. The molecule has 1 saturated heterocycles. The van der Waals surface area contributed by atoms with E-state index in [4.69, 9.17) is 5.26 Å². The van der Waals surface area contributed by atoms with Gasteiger partial charge in [-0.1, -0.05) is 0 Å². The van der Waals surface area contributed by atoms with E-state index in [1.165, 1.54) is 17.5 Å². The summed E-state index contributed by atoms with van der Waals surface area (Å²) in [4.78, 5) is 29.4. The van der Waals surface area contributed by atoms with Crippen molar-refractivity contribution in [3.8, 4) is 6.07 Å². The second-order valence-corrected chi connectivity index (χ2v) is 6.06. The van der Waals surface area contributed by atoms with Gasteiger partial charge in [0.05, 0.1) is 5.69 Å². The average molecular weight is 333 g/mol. The minimum Gasteiger partial charge on any atom is -0.351 e. The normalized spacial score (nSPS) is 14.7. The summed E-state index contributed by atoms with van der Waals surface area (Å²) in [5.41, 5.74) is 0.875. The maximum absolute atomic E-state index is 11.9. The van der Waals surface area contributed by atoms with Gasteiger partial charge in [0.25, 0.3) is 5.91 Å². The number of amides is 2. The molecule has 1 aromatic rings. The van der Waals surface area contributed by atoms with Crippen LogP contribution in [0.1, 0.15) is 25.0 Å². The van der Waals surface area contributed by atoms with Crippen molar-refractivity contribution in [2.45, 2.75) is 26.2 Å². The van der Waals surface area contributed by atoms with Crippen LogP contribution in [-0.4, -0.2) is 41.3 Å². The topological polar surface area (TPSA) is 98.1 Å². The molecule has 7 nitrogen and oxygen atoms in total. The number of likely N-dealkylation sites (tertiary alicyclic amines) is 1. The number of anilines is 1. The molecule has 8 heteroatoms. The number of aromatic nitrogens is 1. The van der Waals surface area contributed by atoms with Crippen LogP contribution < -0.4 is 10.6 Å². The van der Waals surface area contributed by atoms with Crippen LogP contribution in [0.5, 0.6) is 0 Å². The Labute approximate surface area is 139 Å². The number of rotatable bonds is 7. The lowest BCUT2D eigenvalue weighted by molar-refractivity contribution is -0.127. The van der Waals surface area contributed by atoms with Gasteiger partial charge in [0.1, 0.15) is 11.6 Å². The zero-order valence-electron chi connectivity index (χ0n) is 13.0. The molecule has 0 bridgehead atoms. The molecule has 0 aromatic carbocycles. The first-order chi connectivity index (χ1) is 11.1. The summed E-state index contributed by atoms with van der Waals surface area (Å²) in [6.45, 7) is 3.74. The Bertz CT molecular complexity index is 647. The molecule has 1 fully saturated rings. The molecule has 1 aromatic heterocycles. The predicted octanol–water partition coefficient (Wildman–Crippen LogP) is 1.40. The van der Waals surface area contributed by atoms with Crippen LogP contribution in [0.3, 0.4) is 0 Å². The number of carbonyl (C=O) groups is 2. The van der Waals surface area contributed by atoms with E-state index in [1.807, 2.05) is 18.4 Å². The van der Waals surface area contributed by atoms with Crippen molar-refractivity contribution in [2.24, 2.45) is 0 Å². The lowest BCUT2D eigenvalue weighted by atomic mass is 10.3. The van der Waals surface area contributed by atoms with Gasteiger partial charge in [0, 0.05) is 37.6 Å². The van der Waals surface area contributed by atoms with Gasteiger partial charge in [-0.3, -0.25) is 9.59 Å². The Morgan fingerprint density at radius 2 is 2.43 bits per heavy atom. The SMILES string of the molecule is Cc1csc(N/C=C(/C#N)C(=O)NCCCN2CCCC2=O)n1. The van der Waals surface area contributed by atoms with Crippen LogP contribution in [0, 0.1) is 18.3 Å². The number of hydrogen-bond donors (Lipinski definition) is 2. The molecule has 2 amide bonds. The number of carbonyl (C=O) groups excluding carboxylic acids is 2. The highest BCUT2D eigenvalue weighted by molar-refractivity contribution is 7.13. The second-order valence-electron chi connectivity index (χ2n) is 5.20. The van der Waals surface area contributed by atoms with Gasteiger partial charge < -0.3 is 15.5 Å². The number of hydrogen-bond acceptors (Lipinski definition) is 6. The quantitative estimate of drug-likeness (QED) is 0.446. The van der Waals surface area contributed by atoms with E-state index in [9.17, 15) is 9.59 Å². The Morgan fingerprint density at radius 1 is 1.61 bits per heavy atom. The van der Waals surface area contributed by atoms with Crippen LogP contribution in [0.4, 0.5) is 5.13 Å². The molecule has 1 aliphatic heterocycles. The summed E-state index contributed by atoms with van der Waals surface area (Å²) in [6, 6.07) is 1.87. The van der Waals surface area contributed by atoms with Crippen molar-refractivity contribution in [3.63, 3.8) is 0 Å². The Morgan fingerprint density at radius 3 is 3.04 bits per heavy atom. The van der Waals surface area contributed by atoms with Gasteiger partial charge in [0.15, 0.2) is 5.13 Å². The van der Waals surface area contributed by atoms with Crippen molar-refractivity contribution in [1.82, 2.24) is 15.2 Å². The van der Waals surface area contributed by atoms with E-state index in [0.29, 0.717) is 31.1 Å². The number of aryl methyl sites for hydroxylation is 1. The molecule has 1 aliphatic rings. The van der Waals surface area contributed by atoms with Crippen molar-refractivity contribution >= 4 is 28.3 Å². The van der Waals surface area contributed by atoms with E-state index >= 15 is 0 Å². The summed E-state index contributed by atoms with van der Waals surface area (Å²) >= 11 is 1.40. The first-order valence-electron chi connectivity index (χ1n) is 7.45. The fourth-order valence-electron chi connectivity index (χ4n) is 2.21. The highest BCUT2D eigenvalue weighted by Crippen LogP contribution is 2.14. The molecular weight excluding hydrogens is 314 g/mol. The molecule has 0 saturated carbocycles. The maximum atomic E-state index is 11.9. The molecule has 0 atom stereocenters. The minimum absolute atomic E-state index is 0.00454. The van der Waals surface area contributed by atoms with E-state index < -0.39 is 5.91 Å². The zero-order valence-corrected chi connectivity index (χ0v) is 13.8. The molecule has 2 heterocycles. The molecule has 0 radical (unpaired) electrons. The summed E-state index contributed by atoms with van der Waals surface area (Å²) in [5.74, 6) is -0.252. The second kappa shape index (κ2) is 8.29. The largest absolute Gasteiger partial charge is 0.351 e. The van der Waals surface area contributed by atoms with E-state index in [1.54, 1.807) is 4.90 Å². The summed E-state index contributed by atoms with van der Waals surface area (Å²) < 4.78 is 0. The number of nitriles is 1. The van der Waals surface area contributed by atoms with Gasteiger partial charge in [-0.15, -0.1) is 11.3 Å². The third-order valence-electron chi connectivity index (χ3n) is 3.39. The van der Waals surface area contributed by atoms with Gasteiger partial charge >= 0.3 is 0 Å². The lowest BCUT2D eigenvalue weighted by Crippen LogP contribution is -2.31. The highest BCUT2D eigenvalue weighted by Gasteiger charge is 2.19. The van der Waals surface area contributed by atoms with Crippen molar-refractivity contribution in [1.29, 1.82) is 5.26 Å². The van der Waals surface area contributed by atoms with Crippen LogP contribution in [-0.2, 0) is 9.59 Å². The molecule has 23 heavy (non-hydrogen) atoms. The van der Waals surface area contributed by atoms with Crippen LogP contribution >= 0.6 is 11.3 Å². The molecular formula is C15H19N5O2S. The van der Waals surface area contributed by atoms with E-state index in [0.717, 1.165) is 18.7 Å². The third kappa shape index (κ3) is 5.07. The fraction of sp³-hybridized carbons (Fsp3) is 0.467. The Kier molecular flexibility index (Phi) is 6.11. The highest BCUT2D eigenvalue weighted by atomic mass is 32.1. The summed E-state index contributed by atoms with van der Waals surface area (Å²) in [7, 11) is 0. The van der Waals surface area contributed by atoms with Gasteiger partial charge in [-0.25, -0.2) is 4.98 Å². The fourth-order valence-corrected chi connectivity index (χ4v) is 2.87. The Hall–Kier alpha value is -2.40. The number of nitrogens with zero attached hydrogens (tertiary/aromatic N) is 3. The first-order valence-corrected chi connectivity index (χ1v) is 8.33. The standard InChI is InChI=1S/C15H19N5O2S/c1-11-10-23-15(19-11)18-9-12(8-16)14(22)17-5-3-7-20-6-2-4-13(20)21/h9-10H,2-7H2,1H3,(H,17,22)(H,18,19)/b12-9-. The summed E-state index contributed by atoms with van der Waals surface area (Å²) in [5, 5.41) is 17.1. The molecule has 0 unspecified atom stereocenters.